The number of nitrogens with two attached hydrogens (primary N) is 1. The lowest BCUT2D eigenvalue weighted by atomic mass is 10.1. The lowest BCUT2D eigenvalue weighted by Gasteiger charge is -2.18. The van der Waals surface area contributed by atoms with Gasteiger partial charge in [-0.2, -0.15) is 0 Å². The van der Waals surface area contributed by atoms with Gasteiger partial charge in [-0.25, -0.2) is 0 Å². The molecule has 1 heterocycles. The maximum atomic E-state index is 12.6. The summed E-state index contributed by atoms with van der Waals surface area (Å²) in [6.07, 6.45) is 1.08. The number of para-hydroxylation sites is 1. The topological polar surface area (TPSA) is 117 Å². The van der Waals surface area contributed by atoms with Gasteiger partial charge in [0, 0.05) is 18.0 Å². The van der Waals surface area contributed by atoms with E-state index in [0.29, 0.717) is 30.6 Å². The Kier molecular flexibility index (Phi) is 6.44. The van der Waals surface area contributed by atoms with Crippen molar-refractivity contribution in [2.45, 2.75) is 39.3 Å². The molecular weight excluding hydrogens is 320 g/mol. The number of pyridine rings is 1. The molecule has 0 bridgehead atoms. The number of amides is 2. The molecule has 7 heteroatoms. The number of hydrogen-bond acceptors (Lipinski definition) is 5. The van der Waals surface area contributed by atoms with E-state index in [-0.39, 0.29) is 18.4 Å². The average molecular weight is 344 g/mol. The maximum Gasteiger partial charge on any atom is 0.247 e. The van der Waals surface area contributed by atoms with E-state index in [4.69, 9.17) is 5.73 Å². The maximum absolute atomic E-state index is 12.6. The van der Waals surface area contributed by atoms with Crippen molar-refractivity contribution >= 4 is 28.4 Å². The van der Waals surface area contributed by atoms with Crippen LogP contribution in [0.4, 0.5) is 5.69 Å². The summed E-state index contributed by atoms with van der Waals surface area (Å²) in [4.78, 5) is 28.4. The molecule has 2 rings (SSSR count). The summed E-state index contributed by atoms with van der Waals surface area (Å²) < 4.78 is 0. The summed E-state index contributed by atoms with van der Waals surface area (Å²) in [5.41, 5.74) is 8.16. The first-order valence-corrected chi connectivity index (χ1v) is 8.24. The van der Waals surface area contributed by atoms with Crippen LogP contribution in [0.5, 0.6) is 0 Å². The van der Waals surface area contributed by atoms with Crippen LogP contribution < -0.4 is 16.4 Å². The predicted molar refractivity (Wildman–Crippen MR) is 96.9 cm³/mol. The van der Waals surface area contributed by atoms with Gasteiger partial charge in [-0.15, -0.1) is 0 Å². The van der Waals surface area contributed by atoms with Crippen molar-refractivity contribution in [3.8, 4) is 0 Å². The fourth-order valence-corrected chi connectivity index (χ4v) is 2.75. The zero-order valence-electron chi connectivity index (χ0n) is 14.5. The van der Waals surface area contributed by atoms with E-state index < -0.39 is 6.04 Å². The van der Waals surface area contributed by atoms with Crippen LogP contribution in [0.25, 0.3) is 10.9 Å². The van der Waals surface area contributed by atoms with Crippen molar-refractivity contribution in [2.75, 3.05) is 11.9 Å². The van der Waals surface area contributed by atoms with E-state index in [1.54, 1.807) is 12.1 Å². The zero-order chi connectivity index (χ0) is 18.4. The standard InChI is InChI=1S/C18H24N4O3/c1-11-9-13(10-23)14-5-3-6-15(17(14)20-11)22-18(25)16(7-4-8-19)21-12(2)24/h3,5-6,9,16,23H,4,7-8,10,19H2,1-2H3,(H,21,24)(H,22,25)/t16-/m0/s1. The number of nitrogens with zero attached hydrogens (tertiary/aromatic N) is 1. The average Bonchev–Trinajstić information content (AvgIpc) is 2.58. The highest BCUT2D eigenvalue weighted by Crippen LogP contribution is 2.25. The SMILES string of the molecule is CC(=O)N[C@@H](CCCN)C(=O)Nc1cccc2c(CO)cc(C)nc12. The Balaban J connectivity index is 2.33. The first-order chi connectivity index (χ1) is 12.0. The summed E-state index contributed by atoms with van der Waals surface area (Å²) in [5, 5.41) is 15.8. The molecule has 0 saturated heterocycles. The van der Waals surface area contributed by atoms with Gasteiger partial charge in [0.1, 0.15) is 6.04 Å². The number of rotatable bonds is 7. The van der Waals surface area contributed by atoms with Gasteiger partial charge in [-0.3, -0.25) is 14.6 Å². The van der Waals surface area contributed by atoms with E-state index in [1.165, 1.54) is 6.92 Å². The molecule has 2 amide bonds. The molecule has 0 unspecified atom stereocenters. The van der Waals surface area contributed by atoms with Crippen molar-refractivity contribution in [3.05, 3.63) is 35.5 Å². The Morgan fingerprint density at radius 2 is 2.12 bits per heavy atom. The van der Waals surface area contributed by atoms with Crippen LogP contribution in [0.2, 0.25) is 0 Å². The molecule has 2 aromatic rings. The normalized spacial score (nSPS) is 12.0. The van der Waals surface area contributed by atoms with Crippen molar-refractivity contribution in [1.82, 2.24) is 10.3 Å². The number of anilines is 1. The Morgan fingerprint density at radius 1 is 1.36 bits per heavy atom. The summed E-state index contributed by atoms with van der Waals surface area (Å²) in [5.74, 6) is -0.586. The third-order valence-corrected chi connectivity index (χ3v) is 3.87. The van der Waals surface area contributed by atoms with Crippen molar-refractivity contribution in [1.29, 1.82) is 0 Å². The van der Waals surface area contributed by atoms with Crippen molar-refractivity contribution in [2.24, 2.45) is 5.73 Å². The number of aromatic nitrogens is 1. The molecule has 1 aromatic heterocycles. The monoisotopic (exact) mass is 344 g/mol. The van der Waals surface area contributed by atoms with E-state index in [1.807, 2.05) is 19.1 Å². The molecular formula is C18H24N4O3. The number of benzene rings is 1. The molecule has 5 N–H and O–H groups in total. The number of hydrogen-bond donors (Lipinski definition) is 4. The van der Waals surface area contributed by atoms with Gasteiger partial charge in [0.05, 0.1) is 17.8 Å². The van der Waals surface area contributed by atoms with Crippen molar-refractivity contribution < 1.29 is 14.7 Å². The van der Waals surface area contributed by atoms with Gasteiger partial charge >= 0.3 is 0 Å². The minimum atomic E-state index is -0.654. The highest BCUT2D eigenvalue weighted by atomic mass is 16.3. The quantitative estimate of drug-likeness (QED) is 0.602. The Bertz CT molecular complexity index is 776. The van der Waals surface area contributed by atoms with E-state index >= 15 is 0 Å². The molecule has 0 radical (unpaired) electrons. The van der Waals surface area contributed by atoms with Crippen LogP contribution >= 0.6 is 0 Å². The highest BCUT2D eigenvalue weighted by Gasteiger charge is 2.20. The number of carbonyl (C=O) groups excluding carboxylic acids is 2. The lowest BCUT2D eigenvalue weighted by Crippen LogP contribution is -2.43. The largest absolute Gasteiger partial charge is 0.392 e. The van der Waals surface area contributed by atoms with Gasteiger partial charge in [-0.1, -0.05) is 12.1 Å². The smallest absolute Gasteiger partial charge is 0.247 e. The first kappa shape index (κ1) is 18.8. The molecule has 0 saturated carbocycles. The van der Waals surface area contributed by atoms with Gasteiger partial charge < -0.3 is 21.5 Å². The predicted octanol–water partition coefficient (Wildman–Crippen LogP) is 1.22. The Labute approximate surface area is 146 Å². The van der Waals surface area contributed by atoms with Crippen LogP contribution in [0.1, 0.15) is 31.0 Å². The molecule has 0 aliphatic heterocycles. The lowest BCUT2D eigenvalue weighted by molar-refractivity contribution is -0.125. The minimum absolute atomic E-state index is 0.109. The molecule has 0 spiro atoms. The first-order valence-electron chi connectivity index (χ1n) is 8.24. The van der Waals surface area contributed by atoms with Gasteiger partial charge in [0.25, 0.3) is 0 Å². The number of nitrogens with one attached hydrogen (secondary N) is 2. The second-order valence-electron chi connectivity index (χ2n) is 5.96. The Hall–Kier alpha value is -2.51. The summed E-state index contributed by atoms with van der Waals surface area (Å²) in [7, 11) is 0. The minimum Gasteiger partial charge on any atom is -0.392 e. The third kappa shape index (κ3) is 4.74. The third-order valence-electron chi connectivity index (χ3n) is 3.87. The number of aliphatic hydroxyl groups excluding tert-OH is 1. The molecule has 0 fully saturated rings. The van der Waals surface area contributed by atoms with Crippen LogP contribution in [0.15, 0.2) is 24.3 Å². The molecule has 0 aliphatic rings. The molecule has 1 aromatic carbocycles. The van der Waals surface area contributed by atoms with Gasteiger partial charge in [0.15, 0.2) is 0 Å². The van der Waals surface area contributed by atoms with Gasteiger partial charge in [-0.05, 0) is 44.0 Å². The van der Waals surface area contributed by atoms with E-state index in [2.05, 4.69) is 15.6 Å². The Morgan fingerprint density at radius 3 is 2.76 bits per heavy atom. The van der Waals surface area contributed by atoms with Crippen LogP contribution in [0, 0.1) is 6.92 Å². The molecule has 7 nitrogen and oxygen atoms in total. The van der Waals surface area contributed by atoms with E-state index in [0.717, 1.165) is 16.6 Å². The second-order valence-corrected chi connectivity index (χ2v) is 5.96. The molecule has 134 valence electrons. The number of fused-ring (bicyclic) bond motifs is 1. The molecule has 1 atom stereocenters. The fourth-order valence-electron chi connectivity index (χ4n) is 2.75. The van der Waals surface area contributed by atoms with Crippen molar-refractivity contribution in [3.63, 3.8) is 0 Å². The summed E-state index contributed by atoms with van der Waals surface area (Å²) in [6, 6.07) is 6.56. The zero-order valence-corrected chi connectivity index (χ0v) is 14.5. The molecule has 0 aliphatic carbocycles. The second kappa shape index (κ2) is 8.55. The summed E-state index contributed by atoms with van der Waals surface area (Å²) >= 11 is 0. The van der Waals surface area contributed by atoms with Crippen LogP contribution in [-0.2, 0) is 16.2 Å². The fraction of sp³-hybridized carbons (Fsp3) is 0.389. The van der Waals surface area contributed by atoms with Gasteiger partial charge in [0.2, 0.25) is 11.8 Å². The summed E-state index contributed by atoms with van der Waals surface area (Å²) in [6.45, 7) is 3.54. The number of aryl methyl sites for hydroxylation is 1. The molecule has 25 heavy (non-hydrogen) atoms. The number of carbonyl (C=O) groups is 2. The van der Waals surface area contributed by atoms with Crippen LogP contribution in [0.3, 0.4) is 0 Å². The number of aliphatic hydroxyl groups is 1. The highest BCUT2D eigenvalue weighted by molar-refractivity contribution is 6.03. The van der Waals surface area contributed by atoms with E-state index in [9.17, 15) is 14.7 Å². The van der Waals surface area contributed by atoms with Crippen LogP contribution in [-0.4, -0.2) is 34.5 Å².